The molecular weight excluding hydrogens is 384 g/mol. The zero-order chi connectivity index (χ0) is 20.4. The van der Waals surface area contributed by atoms with Crippen LogP contribution in [0.1, 0.15) is 35.2 Å². The molecule has 0 unspecified atom stereocenters. The number of fused-ring (bicyclic) bond motifs is 1. The zero-order valence-electron chi connectivity index (χ0n) is 16.4. The van der Waals surface area contributed by atoms with E-state index in [0.717, 1.165) is 35.6 Å². The summed E-state index contributed by atoms with van der Waals surface area (Å²) in [4.78, 5) is 13.2. The highest BCUT2D eigenvalue weighted by Crippen LogP contribution is 2.26. The lowest BCUT2D eigenvalue weighted by Gasteiger charge is -2.26. The summed E-state index contributed by atoms with van der Waals surface area (Å²) in [6, 6.07) is 18.2. The van der Waals surface area contributed by atoms with Gasteiger partial charge in [-0.15, -0.1) is 0 Å². The highest BCUT2D eigenvalue weighted by molar-refractivity contribution is 7.89. The number of nitrogens with one attached hydrogen (secondary N) is 1. The molecule has 1 N–H and O–H groups in total. The Hall–Kier alpha value is -2.70. The molecule has 3 aromatic carbocycles. The van der Waals surface area contributed by atoms with Crippen LogP contribution in [-0.4, -0.2) is 31.7 Å². The average Bonchev–Trinajstić information content (AvgIpc) is 2.75. The standard InChI is InChI=1S/C23H24N2O3S/c1-17-12-13-19(29(27,28)25-14-5-2-6-15-25)16-22(17)24-23(26)21-11-7-9-18-8-3-4-10-20(18)21/h3-4,7-13,16H,2,5-6,14-15H2,1H3,(H,24,26). The fourth-order valence-electron chi connectivity index (χ4n) is 3.76. The first kappa shape index (κ1) is 19.6. The van der Waals surface area contributed by atoms with Crippen molar-refractivity contribution in [2.45, 2.75) is 31.1 Å². The number of carbonyl (C=O) groups excluding carboxylic acids is 1. The Labute approximate surface area is 171 Å². The van der Waals surface area contributed by atoms with E-state index in [2.05, 4.69) is 5.32 Å². The summed E-state index contributed by atoms with van der Waals surface area (Å²) >= 11 is 0. The lowest BCUT2D eigenvalue weighted by Crippen LogP contribution is -2.35. The Morgan fingerprint density at radius 3 is 2.45 bits per heavy atom. The molecule has 1 heterocycles. The molecule has 150 valence electrons. The van der Waals surface area contributed by atoms with E-state index in [4.69, 9.17) is 0 Å². The van der Waals surface area contributed by atoms with Crippen LogP contribution in [0.2, 0.25) is 0 Å². The second kappa shape index (κ2) is 7.97. The van der Waals surface area contributed by atoms with Crippen molar-refractivity contribution in [2.24, 2.45) is 0 Å². The number of sulfonamides is 1. The van der Waals surface area contributed by atoms with Gasteiger partial charge in [0, 0.05) is 24.3 Å². The number of piperidine rings is 1. The van der Waals surface area contributed by atoms with Crippen LogP contribution in [0, 0.1) is 6.92 Å². The molecule has 0 atom stereocenters. The minimum atomic E-state index is -3.55. The first-order valence-electron chi connectivity index (χ1n) is 9.87. The summed E-state index contributed by atoms with van der Waals surface area (Å²) in [5.74, 6) is -0.252. The molecule has 1 aliphatic heterocycles. The van der Waals surface area contributed by atoms with E-state index in [0.29, 0.717) is 24.3 Å². The molecule has 1 aliphatic rings. The van der Waals surface area contributed by atoms with Gasteiger partial charge in [-0.25, -0.2) is 8.42 Å². The summed E-state index contributed by atoms with van der Waals surface area (Å²) in [5, 5.41) is 4.76. The van der Waals surface area contributed by atoms with Crippen molar-refractivity contribution in [1.29, 1.82) is 0 Å². The van der Waals surface area contributed by atoms with Crippen LogP contribution in [0.25, 0.3) is 10.8 Å². The SMILES string of the molecule is Cc1ccc(S(=O)(=O)N2CCCCC2)cc1NC(=O)c1cccc2ccccc12. The Kier molecular flexibility index (Phi) is 5.39. The van der Waals surface area contributed by atoms with Gasteiger partial charge in [0.05, 0.1) is 4.90 Å². The van der Waals surface area contributed by atoms with Crippen LogP contribution in [0.3, 0.4) is 0 Å². The third-order valence-electron chi connectivity index (χ3n) is 5.44. The second-order valence-corrected chi connectivity index (χ2v) is 9.36. The lowest BCUT2D eigenvalue weighted by molar-refractivity contribution is 0.102. The average molecular weight is 409 g/mol. The third-order valence-corrected chi connectivity index (χ3v) is 7.34. The number of nitrogens with zero attached hydrogens (tertiary/aromatic N) is 1. The number of carbonyl (C=O) groups is 1. The molecule has 5 nitrogen and oxygen atoms in total. The largest absolute Gasteiger partial charge is 0.322 e. The second-order valence-electron chi connectivity index (χ2n) is 7.42. The monoisotopic (exact) mass is 408 g/mol. The molecule has 1 saturated heterocycles. The van der Waals surface area contributed by atoms with Gasteiger partial charge in [-0.1, -0.05) is 48.9 Å². The molecule has 0 saturated carbocycles. The number of aryl methyl sites for hydroxylation is 1. The predicted molar refractivity (Wildman–Crippen MR) is 116 cm³/mol. The maximum absolute atomic E-state index is 13.0. The summed E-state index contributed by atoms with van der Waals surface area (Å²) in [6.07, 6.45) is 2.83. The van der Waals surface area contributed by atoms with Crippen LogP contribution in [0.15, 0.2) is 65.6 Å². The quantitative estimate of drug-likeness (QED) is 0.687. The van der Waals surface area contributed by atoms with Crippen LogP contribution in [0.5, 0.6) is 0 Å². The fraction of sp³-hybridized carbons (Fsp3) is 0.261. The molecule has 4 rings (SSSR count). The van der Waals surface area contributed by atoms with E-state index < -0.39 is 10.0 Å². The van der Waals surface area contributed by atoms with E-state index in [1.165, 1.54) is 4.31 Å². The summed E-state index contributed by atoms with van der Waals surface area (Å²) in [6.45, 7) is 2.96. The van der Waals surface area contributed by atoms with E-state index in [1.54, 1.807) is 24.3 Å². The smallest absolute Gasteiger partial charge is 0.256 e. The van der Waals surface area contributed by atoms with Gasteiger partial charge in [0.15, 0.2) is 0 Å². The first-order valence-corrected chi connectivity index (χ1v) is 11.3. The van der Waals surface area contributed by atoms with Gasteiger partial charge in [-0.2, -0.15) is 4.31 Å². The van der Waals surface area contributed by atoms with Gasteiger partial charge in [0.25, 0.3) is 5.91 Å². The number of hydrogen-bond donors (Lipinski definition) is 1. The number of hydrogen-bond acceptors (Lipinski definition) is 3. The Morgan fingerprint density at radius 2 is 1.66 bits per heavy atom. The van der Waals surface area contributed by atoms with E-state index in [9.17, 15) is 13.2 Å². The molecule has 0 bridgehead atoms. The summed E-state index contributed by atoms with van der Waals surface area (Å²) in [5.41, 5.74) is 1.89. The number of benzene rings is 3. The Morgan fingerprint density at radius 1 is 0.931 bits per heavy atom. The third kappa shape index (κ3) is 3.91. The summed E-state index contributed by atoms with van der Waals surface area (Å²) < 4.78 is 27.5. The van der Waals surface area contributed by atoms with E-state index in [-0.39, 0.29) is 10.8 Å². The molecule has 0 radical (unpaired) electrons. The van der Waals surface area contributed by atoms with Gasteiger partial charge < -0.3 is 5.32 Å². The molecule has 6 heteroatoms. The van der Waals surface area contributed by atoms with Crippen LogP contribution < -0.4 is 5.32 Å². The first-order chi connectivity index (χ1) is 14.0. The fourth-order valence-corrected chi connectivity index (χ4v) is 5.31. The summed E-state index contributed by atoms with van der Waals surface area (Å²) in [7, 11) is -3.55. The number of anilines is 1. The molecule has 29 heavy (non-hydrogen) atoms. The number of rotatable bonds is 4. The van der Waals surface area contributed by atoms with Crippen LogP contribution in [-0.2, 0) is 10.0 Å². The lowest BCUT2D eigenvalue weighted by atomic mass is 10.0. The van der Waals surface area contributed by atoms with Crippen molar-refractivity contribution in [1.82, 2.24) is 4.31 Å². The van der Waals surface area contributed by atoms with Gasteiger partial charge in [-0.05, 0) is 54.3 Å². The van der Waals surface area contributed by atoms with Gasteiger partial charge in [-0.3, -0.25) is 4.79 Å². The van der Waals surface area contributed by atoms with Crippen LogP contribution in [0.4, 0.5) is 5.69 Å². The molecule has 0 aromatic heterocycles. The van der Waals surface area contributed by atoms with Crippen LogP contribution >= 0.6 is 0 Å². The maximum atomic E-state index is 13.0. The van der Waals surface area contributed by atoms with Crippen molar-refractivity contribution in [3.8, 4) is 0 Å². The van der Waals surface area contributed by atoms with E-state index >= 15 is 0 Å². The van der Waals surface area contributed by atoms with Crippen molar-refractivity contribution >= 4 is 32.4 Å². The zero-order valence-corrected chi connectivity index (χ0v) is 17.2. The van der Waals surface area contributed by atoms with Gasteiger partial charge >= 0.3 is 0 Å². The van der Waals surface area contributed by atoms with Crippen molar-refractivity contribution in [3.05, 3.63) is 71.8 Å². The Bertz CT molecular complexity index is 1160. The van der Waals surface area contributed by atoms with Gasteiger partial charge in [0.2, 0.25) is 10.0 Å². The van der Waals surface area contributed by atoms with E-state index in [1.807, 2.05) is 43.3 Å². The molecule has 0 spiro atoms. The topological polar surface area (TPSA) is 66.5 Å². The maximum Gasteiger partial charge on any atom is 0.256 e. The van der Waals surface area contributed by atoms with Crippen molar-refractivity contribution < 1.29 is 13.2 Å². The molecule has 3 aromatic rings. The highest BCUT2D eigenvalue weighted by atomic mass is 32.2. The molecule has 0 aliphatic carbocycles. The normalized spacial score (nSPS) is 15.3. The minimum absolute atomic E-state index is 0.221. The van der Waals surface area contributed by atoms with Gasteiger partial charge in [0.1, 0.15) is 0 Å². The predicted octanol–water partition coefficient (Wildman–Crippen LogP) is 4.58. The van der Waals surface area contributed by atoms with Crippen molar-refractivity contribution in [3.63, 3.8) is 0 Å². The molecular formula is C23H24N2O3S. The number of amides is 1. The molecule has 1 fully saturated rings. The minimum Gasteiger partial charge on any atom is -0.322 e. The van der Waals surface area contributed by atoms with Crippen molar-refractivity contribution in [2.75, 3.05) is 18.4 Å². The molecule has 1 amide bonds. The Balaban J connectivity index is 1.65. The highest BCUT2D eigenvalue weighted by Gasteiger charge is 2.26.